The number of carbonyl (C=O) groups is 4. The number of carboxylic acids is 1. The van der Waals surface area contributed by atoms with Crippen LogP contribution in [0.25, 0.3) is 0 Å². The molecule has 0 unspecified atom stereocenters. The van der Waals surface area contributed by atoms with Gasteiger partial charge in [-0.1, -0.05) is 25.0 Å². The fourth-order valence-corrected chi connectivity index (χ4v) is 5.05. The number of allylic oxidation sites excluding steroid dienone is 2. The molecule has 0 aromatic rings. The van der Waals surface area contributed by atoms with Gasteiger partial charge in [0.05, 0.1) is 11.5 Å². The number of rotatable bonds is 3. The number of nitrogens with one attached hydrogen (secondary N) is 1. The van der Waals surface area contributed by atoms with Crippen LogP contribution in [0.15, 0.2) is 12.2 Å². The predicted octanol–water partition coefficient (Wildman–Crippen LogP) is 2.44. The van der Waals surface area contributed by atoms with Gasteiger partial charge in [0.1, 0.15) is 6.04 Å². The Morgan fingerprint density at radius 3 is 2.60 bits per heavy atom. The van der Waals surface area contributed by atoms with Gasteiger partial charge in [-0.3, -0.25) is 19.2 Å². The van der Waals surface area contributed by atoms with E-state index < -0.39 is 23.5 Å². The minimum absolute atomic E-state index is 0.0229. The summed E-state index contributed by atoms with van der Waals surface area (Å²) < 4.78 is 0. The fourth-order valence-electron chi connectivity index (χ4n) is 5.05. The van der Waals surface area contributed by atoms with E-state index in [1.807, 2.05) is 12.2 Å². The molecule has 0 bridgehead atoms. The Balaban J connectivity index is 1.53. The van der Waals surface area contributed by atoms with Crippen LogP contribution in [-0.4, -0.2) is 52.2 Å². The van der Waals surface area contributed by atoms with Crippen molar-refractivity contribution in [1.82, 2.24) is 10.2 Å². The van der Waals surface area contributed by atoms with Crippen LogP contribution in [0, 0.1) is 17.3 Å². The molecular formula is C23H32N2O5. The molecule has 2 N–H and O–H groups in total. The first-order valence-electron chi connectivity index (χ1n) is 11.5. The number of nitrogens with zero attached hydrogens (tertiary/aromatic N) is 1. The number of carboxylic acid groups (broad SMARTS) is 1. The number of carbonyl (C=O) groups excluding carboxylic acids is 3. The quantitative estimate of drug-likeness (QED) is 0.688. The smallest absolute Gasteiger partial charge is 0.310 e. The SMILES string of the molecule is O=C(N[C@H]1CCCCC/C=C\[C@@H]2C[C@@]2(C(=O)O)CC(=O)[C@@H]2CCCN2C1=O)C1CC1. The summed E-state index contributed by atoms with van der Waals surface area (Å²) in [4.78, 5) is 52.3. The van der Waals surface area contributed by atoms with Crippen LogP contribution in [-0.2, 0) is 19.2 Å². The lowest BCUT2D eigenvalue weighted by molar-refractivity contribution is -0.147. The van der Waals surface area contributed by atoms with Crippen LogP contribution >= 0.6 is 0 Å². The van der Waals surface area contributed by atoms with Crippen molar-refractivity contribution >= 4 is 23.6 Å². The van der Waals surface area contributed by atoms with Crippen molar-refractivity contribution in [1.29, 1.82) is 0 Å². The van der Waals surface area contributed by atoms with E-state index in [4.69, 9.17) is 0 Å². The molecule has 7 nitrogen and oxygen atoms in total. The number of hydrogen-bond acceptors (Lipinski definition) is 4. The Morgan fingerprint density at radius 2 is 1.87 bits per heavy atom. The number of ketones is 1. The molecule has 4 aliphatic rings. The number of aliphatic carboxylic acids is 1. The van der Waals surface area contributed by atoms with Crippen molar-refractivity contribution in [2.24, 2.45) is 17.3 Å². The Hall–Kier alpha value is -2.18. The van der Waals surface area contributed by atoms with E-state index in [0.717, 1.165) is 44.9 Å². The van der Waals surface area contributed by atoms with Crippen LogP contribution in [0.4, 0.5) is 0 Å². The highest BCUT2D eigenvalue weighted by Gasteiger charge is 2.60. The Bertz CT molecular complexity index is 759. The molecule has 0 radical (unpaired) electrons. The van der Waals surface area contributed by atoms with E-state index in [1.54, 1.807) is 4.90 Å². The Kier molecular flexibility index (Phi) is 5.98. The van der Waals surface area contributed by atoms with E-state index >= 15 is 0 Å². The molecule has 2 aliphatic heterocycles. The monoisotopic (exact) mass is 416 g/mol. The van der Waals surface area contributed by atoms with Crippen molar-refractivity contribution in [3.63, 3.8) is 0 Å². The third-order valence-corrected chi connectivity index (χ3v) is 7.25. The highest BCUT2D eigenvalue weighted by Crippen LogP contribution is 2.57. The van der Waals surface area contributed by atoms with Gasteiger partial charge in [0.15, 0.2) is 5.78 Å². The third kappa shape index (κ3) is 4.30. The zero-order valence-corrected chi connectivity index (χ0v) is 17.5. The van der Waals surface area contributed by atoms with Gasteiger partial charge in [-0.05, 0) is 57.3 Å². The summed E-state index contributed by atoms with van der Waals surface area (Å²) in [6.07, 6.45) is 11.7. The second-order valence-electron chi connectivity index (χ2n) is 9.51. The first-order valence-corrected chi connectivity index (χ1v) is 11.5. The Morgan fingerprint density at radius 1 is 1.07 bits per heavy atom. The first-order chi connectivity index (χ1) is 14.4. The maximum absolute atomic E-state index is 13.3. The molecule has 4 rings (SSSR count). The summed E-state index contributed by atoms with van der Waals surface area (Å²) in [5.74, 6) is -1.37. The minimum Gasteiger partial charge on any atom is -0.481 e. The summed E-state index contributed by atoms with van der Waals surface area (Å²) >= 11 is 0. The summed E-state index contributed by atoms with van der Waals surface area (Å²) in [7, 11) is 0. The first kappa shape index (κ1) is 21.1. The number of Topliss-reactive ketones (excluding diaryl/α,β-unsaturated/α-hetero) is 1. The number of hydrogen-bond donors (Lipinski definition) is 2. The molecule has 30 heavy (non-hydrogen) atoms. The van der Waals surface area contributed by atoms with E-state index in [9.17, 15) is 24.3 Å². The zero-order chi connectivity index (χ0) is 21.3. The van der Waals surface area contributed by atoms with Gasteiger partial charge in [0.25, 0.3) is 0 Å². The van der Waals surface area contributed by atoms with Crippen molar-refractivity contribution < 1.29 is 24.3 Å². The standard InChI is InChI=1S/C23H32N2O5/c26-19-14-23(22(29)30)13-16(23)7-4-2-1-3-5-8-17(24-20(27)15-10-11-15)21(28)25-12-6-9-18(19)25/h4,7,15-18H,1-3,5-6,8-14H2,(H,24,27)(H,29,30)/b7-4-/t16-,17+,18+,23-/m1/s1. The number of amides is 2. The zero-order valence-electron chi connectivity index (χ0n) is 17.5. The molecule has 2 saturated carbocycles. The van der Waals surface area contributed by atoms with E-state index in [2.05, 4.69) is 5.32 Å². The highest BCUT2D eigenvalue weighted by molar-refractivity contribution is 5.96. The van der Waals surface area contributed by atoms with Crippen molar-refractivity contribution in [3.8, 4) is 0 Å². The van der Waals surface area contributed by atoms with Gasteiger partial charge < -0.3 is 15.3 Å². The minimum atomic E-state index is -1.01. The normalized spacial score (nSPS) is 36.1. The van der Waals surface area contributed by atoms with E-state index in [-0.39, 0.29) is 35.9 Å². The van der Waals surface area contributed by atoms with Crippen LogP contribution in [0.3, 0.4) is 0 Å². The van der Waals surface area contributed by atoms with Gasteiger partial charge in [0, 0.05) is 18.9 Å². The summed E-state index contributed by atoms with van der Waals surface area (Å²) in [5.41, 5.74) is -1.01. The predicted molar refractivity (Wildman–Crippen MR) is 109 cm³/mol. The summed E-state index contributed by atoms with van der Waals surface area (Å²) in [6, 6.07) is -1.15. The van der Waals surface area contributed by atoms with Crippen molar-refractivity contribution in [2.75, 3.05) is 6.54 Å². The van der Waals surface area contributed by atoms with E-state index in [1.165, 1.54) is 0 Å². The van der Waals surface area contributed by atoms with Crippen LogP contribution in [0.1, 0.15) is 70.6 Å². The third-order valence-electron chi connectivity index (χ3n) is 7.25. The largest absolute Gasteiger partial charge is 0.481 e. The second-order valence-corrected chi connectivity index (χ2v) is 9.51. The summed E-state index contributed by atoms with van der Waals surface area (Å²) in [5, 5.41) is 12.7. The lowest BCUT2D eigenvalue weighted by Gasteiger charge is -2.29. The topological polar surface area (TPSA) is 104 Å². The molecular weight excluding hydrogens is 384 g/mol. The lowest BCUT2D eigenvalue weighted by atomic mass is 9.92. The second kappa shape index (κ2) is 8.52. The molecule has 0 spiro atoms. The maximum Gasteiger partial charge on any atom is 0.310 e. The molecule has 0 aromatic carbocycles. The maximum atomic E-state index is 13.3. The van der Waals surface area contributed by atoms with Gasteiger partial charge in [0.2, 0.25) is 11.8 Å². The van der Waals surface area contributed by atoms with Gasteiger partial charge >= 0.3 is 5.97 Å². The van der Waals surface area contributed by atoms with Crippen LogP contribution in [0.2, 0.25) is 0 Å². The molecule has 2 heterocycles. The number of fused-ring (bicyclic) bond motifs is 2. The molecule has 4 atom stereocenters. The summed E-state index contributed by atoms with van der Waals surface area (Å²) in [6.45, 7) is 0.494. The van der Waals surface area contributed by atoms with Crippen molar-refractivity contribution in [3.05, 3.63) is 12.2 Å². The average Bonchev–Trinajstić information content (AvgIpc) is 3.62. The van der Waals surface area contributed by atoms with E-state index in [0.29, 0.717) is 25.8 Å². The molecule has 2 aliphatic carbocycles. The molecule has 0 aromatic heterocycles. The van der Waals surface area contributed by atoms with Gasteiger partial charge in [-0.2, -0.15) is 0 Å². The van der Waals surface area contributed by atoms with Crippen LogP contribution in [0.5, 0.6) is 0 Å². The molecule has 2 amide bonds. The fraction of sp³-hybridized carbons (Fsp3) is 0.739. The molecule has 7 heteroatoms. The highest BCUT2D eigenvalue weighted by atomic mass is 16.4. The average molecular weight is 417 g/mol. The molecule has 1 saturated heterocycles. The molecule has 3 fully saturated rings. The van der Waals surface area contributed by atoms with Crippen molar-refractivity contribution in [2.45, 2.75) is 82.7 Å². The van der Waals surface area contributed by atoms with Crippen LogP contribution < -0.4 is 5.32 Å². The molecule has 164 valence electrons. The van der Waals surface area contributed by atoms with Gasteiger partial charge in [-0.25, -0.2) is 0 Å². The lowest BCUT2D eigenvalue weighted by Crippen LogP contribution is -2.52. The Labute approximate surface area is 177 Å². The van der Waals surface area contributed by atoms with Gasteiger partial charge in [-0.15, -0.1) is 0 Å².